The molecule has 110 valence electrons. The van der Waals surface area contributed by atoms with E-state index in [1.807, 2.05) is 30.3 Å². The number of para-hydroxylation sites is 2. The number of benzene rings is 1. The third-order valence-electron chi connectivity index (χ3n) is 3.33. The molecule has 0 spiro atoms. The minimum absolute atomic E-state index is 0.363. The maximum absolute atomic E-state index is 11.9. The van der Waals surface area contributed by atoms with Gasteiger partial charge in [0.2, 0.25) is 0 Å². The lowest BCUT2D eigenvalue weighted by Crippen LogP contribution is -2.14. The normalized spacial score (nSPS) is 11.3. The van der Waals surface area contributed by atoms with Crippen LogP contribution in [0.25, 0.3) is 11.1 Å². The summed E-state index contributed by atoms with van der Waals surface area (Å²) in [6.07, 6.45) is 1.09. The molecule has 3 aromatic rings. The lowest BCUT2D eigenvalue weighted by atomic mass is 10.3. The molecular formula is C16H18N2O3. The first-order valence-corrected chi connectivity index (χ1v) is 7.14. The Morgan fingerprint density at radius 2 is 1.90 bits per heavy atom. The Bertz CT molecular complexity index is 782. The van der Waals surface area contributed by atoms with Crippen LogP contribution in [0.5, 0.6) is 0 Å². The average Bonchev–Trinajstić information content (AvgIpc) is 3.05. The first-order valence-electron chi connectivity index (χ1n) is 7.14. The predicted molar refractivity (Wildman–Crippen MR) is 80.3 cm³/mol. The molecule has 0 aliphatic carbocycles. The second kappa shape index (κ2) is 6.01. The van der Waals surface area contributed by atoms with Gasteiger partial charge in [-0.3, -0.25) is 4.57 Å². The van der Waals surface area contributed by atoms with E-state index in [0.717, 1.165) is 30.0 Å². The third-order valence-corrected chi connectivity index (χ3v) is 3.33. The van der Waals surface area contributed by atoms with Crippen molar-refractivity contribution in [3.05, 3.63) is 58.5 Å². The van der Waals surface area contributed by atoms with Crippen LogP contribution < -0.4 is 11.1 Å². The molecule has 0 unspecified atom stereocenters. The van der Waals surface area contributed by atoms with Crippen molar-refractivity contribution in [1.29, 1.82) is 0 Å². The maximum Gasteiger partial charge on any atom is 0.420 e. The van der Waals surface area contributed by atoms with Gasteiger partial charge in [0.1, 0.15) is 11.5 Å². The van der Waals surface area contributed by atoms with Crippen LogP contribution in [0.3, 0.4) is 0 Å². The Labute approximate surface area is 122 Å². The van der Waals surface area contributed by atoms with E-state index in [9.17, 15) is 4.79 Å². The van der Waals surface area contributed by atoms with Crippen LogP contribution in [-0.4, -0.2) is 11.1 Å². The molecule has 2 heterocycles. The zero-order valence-electron chi connectivity index (χ0n) is 12.0. The first-order chi connectivity index (χ1) is 10.3. The number of oxazole rings is 1. The summed E-state index contributed by atoms with van der Waals surface area (Å²) in [6, 6.07) is 11.2. The second-order valence-corrected chi connectivity index (χ2v) is 4.97. The molecule has 0 bridgehead atoms. The molecule has 0 saturated heterocycles. The Hall–Kier alpha value is -2.27. The Balaban J connectivity index is 1.79. The summed E-state index contributed by atoms with van der Waals surface area (Å²) in [5, 5.41) is 3.28. The second-order valence-electron chi connectivity index (χ2n) is 4.97. The largest absolute Gasteiger partial charge is 0.463 e. The van der Waals surface area contributed by atoms with Crippen LogP contribution >= 0.6 is 0 Å². The summed E-state index contributed by atoms with van der Waals surface area (Å²) >= 11 is 0. The highest BCUT2D eigenvalue weighted by Gasteiger charge is 2.11. The molecule has 0 radical (unpaired) electrons. The molecule has 1 N–H and O–H groups in total. The number of rotatable bonds is 6. The van der Waals surface area contributed by atoms with Crippen LogP contribution in [0, 0.1) is 0 Å². The Morgan fingerprint density at radius 1 is 1.10 bits per heavy atom. The lowest BCUT2D eigenvalue weighted by molar-refractivity contribution is 0.428. The van der Waals surface area contributed by atoms with E-state index >= 15 is 0 Å². The van der Waals surface area contributed by atoms with Crippen molar-refractivity contribution >= 4 is 11.1 Å². The number of hydrogen-bond acceptors (Lipinski definition) is 4. The maximum atomic E-state index is 11.9. The van der Waals surface area contributed by atoms with Gasteiger partial charge in [-0.2, -0.15) is 0 Å². The summed E-state index contributed by atoms with van der Waals surface area (Å²) in [5.74, 6) is 1.26. The zero-order valence-corrected chi connectivity index (χ0v) is 12.0. The highest BCUT2D eigenvalue weighted by molar-refractivity contribution is 5.72. The van der Waals surface area contributed by atoms with Crippen LogP contribution in [0.1, 0.15) is 24.9 Å². The van der Waals surface area contributed by atoms with E-state index in [1.54, 1.807) is 10.6 Å². The van der Waals surface area contributed by atoms with Gasteiger partial charge in [0.15, 0.2) is 5.58 Å². The van der Waals surface area contributed by atoms with E-state index in [1.165, 1.54) is 0 Å². The molecule has 2 aromatic heterocycles. The van der Waals surface area contributed by atoms with Crippen molar-refractivity contribution in [2.45, 2.75) is 26.4 Å². The summed E-state index contributed by atoms with van der Waals surface area (Å²) < 4.78 is 12.5. The molecule has 0 aliphatic heterocycles. The smallest absolute Gasteiger partial charge is 0.420 e. The average molecular weight is 286 g/mol. The summed E-state index contributed by atoms with van der Waals surface area (Å²) in [6.45, 7) is 4.16. The number of nitrogens with one attached hydrogen (secondary N) is 1. The number of fused-ring (bicyclic) bond motifs is 1. The van der Waals surface area contributed by atoms with Crippen LogP contribution in [-0.2, 0) is 13.1 Å². The third kappa shape index (κ3) is 2.92. The predicted octanol–water partition coefficient (Wildman–Crippen LogP) is 2.74. The topological polar surface area (TPSA) is 60.3 Å². The number of hydrogen-bond donors (Lipinski definition) is 1. The van der Waals surface area contributed by atoms with E-state index in [4.69, 9.17) is 8.83 Å². The van der Waals surface area contributed by atoms with Gasteiger partial charge < -0.3 is 14.2 Å². The van der Waals surface area contributed by atoms with Crippen molar-refractivity contribution in [2.75, 3.05) is 6.54 Å². The fourth-order valence-electron chi connectivity index (χ4n) is 2.31. The van der Waals surface area contributed by atoms with Crippen LogP contribution in [0.15, 0.2) is 50.0 Å². The van der Waals surface area contributed by atoms with E-state index < -0.39 is 0 Å². The molecule has 21 heavy (non-hydrogen) atoms. The Morgan fingerprint density at radius 3 is 2.76 bits per heavy atom. The fourth-order valence-corrected chi connectivity index (χ4v) is 2.31. The van der Waals surface area contributed by atoms with E-state index in [-0.39, 0.29) is 5.76 Å². The molecule has 3 rings (SSSR count). The van der Waals surface area contributed by atoms with Crippen molar-refractivity contribution in [3.8, 4) is 0 Å². The molecule has 0 saturated carbocycles. The number of nitrogens with zero attached hydrogens (tertiary/aromatic N) is 1. The van der Waals surface area contributed by atoms with Gasteiger partial charge in [0.05, 0.1) is 18.6 Å². The first kappa shape index (κ1) is 13.7. The standard InChI is InChI=1S/C16H18N2O3/c1-2-9-17-10-12-7-8-13(20-12)11-18-14-5-3-4-6-15(14)21-16(18)19/h3-8,17H,2,9-11H2,1H3. The van der Waals surface area contributed by atoms with Crippen LogP contribution in [0.4, 0.5) is 0 Å². The molecule has 5 nitrogen and oxygen atoms in total. The number of aromatic nitrogens is 1. The van der Waals surface area contributed by atoms with Gasteiger partial charge in [-0.25, -0.2) is 4.79 Å². The fraction of sp³-hybridized carbons (Fsp3) is 0.312. The van der Waals surface area contributed by atoms with Gasteiger partial charge in [0.25, 0.3) is 0 Å². The molecule has 0 fully saturated rings. The lowest BCUT2D eigenvalue weighted by Gasteiger charge is -2.00. The highest BCUT2D eigenvalue weighted by Crippen LogP contribution is 2.15. The summed E-state index contributed by atoms with van der Waals surface area (Å²) in [5.41, 5.74) is 1.38. The number of furan rings is 1. The molecule has 5 heteroatoms. The van der Waals surface area contributed by atoms with Crippen molar-refractivity contribution < 1.29 is 8.83 Å². The van der Waals surface area contributed by atoms with Gasteiger partial charge in [-0.1, -0.05) is 19.1 Å². The van der Waals surface area contributed by atoms with Crippen LogP contribution in [0.2, 0.25) is 0 Å². The SMILES string of the molecule is CCCNCc1ccc(Cn2c(=O)oc3ccccc32)o1. The van der Waals surface area contributed by atoms with Crippen molar-refractivity contribution in [3.63, 3.8) is 0 Å². The highest BCUT2D eigenvalue weighted by atomic mass is 16.4. The molecule has 0 aliphatic rings. The van der Waals surface area contributed by atoms with Crippen molar-refractivity contribution in [1.82, 2.24) is 9.88 Å². The van der Waals surface area contributed by atoms with Gasteiger partial charge >= 0.3 is 5.76 Å². The molecule has 0 atom stereocenters. The quantitative estimate of drug-likeness (QED) is 0.708. The van der Waals surface area contributed by atoms with E-state index in [2.05, 4.69) is 12.2 Å². The van der Waals surface area contributed by atoms with Gasteiger partial charge in [0, 0.05) is 0 Å². The summed E-state index contributed by atoms with van der Waals surface area (Å²) in [7, 11) is 0. The van der Waals surface area contributed by atoms with Gasteiger partial charge in [-0.15, -0.1) is 0 Å². The molecule has 1 aromatic carbocycles. The summed E-state index contributed by atoms with van der Waals surface area (Å²) in [4.78, 5) is 11.9. The van der Waals surface area contributed by atoms with E-state index in [0.29, 0.717) is 18.7 Å². The van der Waals surface area contributed by atoms with Crippen molar-refractivity contribution in [2.24, 2.45) is 0 Å². The minimum atomic E-state index is -0.363. The monoisotopic (exact) mass is 286 g/mol. The minimum Gasteiger partial charge on any atom is -0.463 e. The molecule has 0 amide bonds. The Kier molecular flexibility index (Phi) is 3.92. The molecular weight excluding hydrogens is 268 g/mol. The zero-order chi connectivity index (χ0) is 14.7. The van der Waals surface area contributed by atoms with Gasteiger partial charge in [-0.05, 0) is 37.2 Å².